The van der Waals surface area contributed by atoms with E-state index in [0.29, 0.717) is 12.5 Å². The van der Waals surface area contributed by atoms with Crippen LogP contribution in [-0.2, 0) is 6.54 Å². The first kappa shape index (κ1) is 9.65. The Hall–Kier alpha value is -0.900. The van der Waals surface area contributed by atoms with Gasteiger partial charge in [-0.1, -0.05) is 13.3 Å². The van der Waals surface area contributed by atoms with Crippen molar-refractivity contribution in [1.29, 1.82) is 0 Å². The number of H-pyrrole nitrogens is 1. The van der Waals surface area contributed by atoms with Crippen LogP contribution in [0.25, 0.3) is 0 Å². The van der Waals surface area contributed by atoms with Crippen LogP contribution in [0.15, 0.2) is 0 Å². The van der Waals surface area contributed by atoms with Gasteiger partial charge in [-0.15, -0.1) is 0 Å². The van der Waals surface area contributed by atoms with E-state index in [9.17, 15) is 0 Å². The molecule has 4 heteroatoms. The Balaban J connectivity index is 2.02. The van der Waals surface area contributed by atoms with Crippen LogP contribution >= 0.6 is 0 Å². The van der Waals surface area contributed by atoms with Gasteiger partial charge >= 0.3 is 0 Å². The van der Waals surface area contributed by atoms with Gasteiger partial charge < -0.3 is 5.73 Å². The van der Waals surface area contributed by atoms with Crippen molar-refractivity contribution < 1.29 is 0 Å². The first-order valence-corrected chi connectivity index (χ1v) is 5.44. The molecule has 2 atom stereocenters. The lowest BCUT2D eigenvalue weighted by molar-refractivity contribution is 0.517. The van der Waals surface area contributed by atoms with Crippen molar-refractivity contribution in [2.45, 2.75) is 45.1 Å². The highest BCUT2D eigenvalue weighted by molar-refractivity contribution is 5.01. The zero-order valence-corrected chi connectivity index (χ0v) is 8.66. The molecule has 14 heavy (non-hydrogen) atoms. The molecule has 1 aromatic heterocycles. The van der Waals surface area contributed by atoms with Crippen molar-refractivity contribution in [1.82, 2.24) is 15.2 Å². The van der Waals surface area contributed by atoms with Gasteiger partial charge in [0.1, 0.15) is 5.82 Å². The second kappa shape index (κ2) is 4.09. The summed E-state index contributed by atoms with van der Waals surface area (Å²) in [5, 5.41) is 7.10. The van der Waals surface area contributed by atoms with Gasteiger partial charge in [0.15, 0.2) is 5.82 Å². The number of nitrogens with two attached hydrogens (primary N) is 1. The summed E-state index contributed by atoms with van der Waals surface area (Å²) in [7, 11) is 0. The van der Waals surface area contributed by atoms with Gasteiger partial charge in [0.2, 0.25) is 0 Å². The van der Waals surface area contributed by atoms with Crippen molar-refractivity contribution in [3.63, 3.8) is 0 Å². The molecule has 0 amide bonds. The summed E-state index contributed by atoms with van der Waals surface area (Å²) in [6.45, 7) is 2.72. The van der Waals surface area contributed by atoms with Crippen LogP contribution in [0.2, 0.25) is 0 Å². The number of hydrogen-bond acceptors (Lipinski definition) is 3. The highest BCUT2D eigenvalue weighted by atomic mass is 15.2. The van der Waals surface area contributed by atoms with Crippen LogP contribution in [0, 0.1) is 5.92 Å². The predicted molar refractivity (Wildman–Crippen MR) is 54.6 cm³/mol. The molecule has 2 rings (SSSR count). The molecule has 1 aliphatic carbocycles. The van der Waals surface area contributed by atoms with Crippen LogP contribution in [-0.4, -0.2) is 15.2 Å². The number of rotatable bonds is 3. The Kier molecular flexibility index (Phi) is 2.82. The molecule has 0 spiro atoms. The van der Waals surface area contributed by atoms with E-state index in [0.717, 1.165) is 17.6 Å². The molecule has 2 unspecified atom stereocenters. The maximum Gasteiger partial charge on any atom is 0.153 e. The summed E-state index contributed by atoms with van der Waals surface area (Å²) in [6, 6.07) is 0. The molecule has 1 aliphatic rings. The van der Waals surface area contributed by atoms with Crippen molar-refractivity contribution in [2.24, 2.45) is 11.7 Å². The number of nitrogens with zero attached hydrogens (tertiary/aromatic N) is 2. The SMILES string of the molecule is CCC1CCC(c2n[nH]c(CN)n2)C1. The van der Waals surface area contributed by atoms with Crippen molar-refractivity contribution in [3.05, 3.63) is 11.6 Å². The fraction of sp³-hybridized carbons (Fsp3) is 0.800. The smallest absolute Gasteiger partial charge is 0.153 e. The van der Waals surface area contributed by atoms with Crippen molar-refractivity contribution >= 4 is 0 Å². The van der Waals surface area contributed by atoms with Crippen LogP contribution < -0.4 is 5.73 Å². The lowest BCUT2D eigenvalue weighted by atomic mass is 10.0. The van der Waals surface area contributed by atoms with E-state index in [2.05, 4.69) is 22.1 Å². The van der Waals surface area contributed by atoms with Gasteiger partial charge in [-0.05, 0) is 25.2 Å². The van der Waals surface area contributed by atoms with E-state index in [1.54, 1.807) is 0 Å². The van der Waals surface area contributed by atoms with Crippen molar-refractivity contribution in [3.8, 4) is 0 Å². The van der Waals surface area contributed by atoms with E-state index < -0.39 is 0 Å². The normalized spacial score (nSPS) is 27.0. The Labute approximate surface area is 84.3 Å². The highest BCUT2D eigenvalue weighted by Gasteiger charge is 2.27. The summed E-state index contributed by atoms with van der Waals surface area (Å²) in [6.07, 6.45) is 5.09. The van der Waals surface area contributed by atoms with E-state index in [4.69, 9.17) is 5.73 Å². The molecule has 0 bridgehead atoms. The molecule has 0 radical (unpaired) electrons. The summed E-state index contributed by atoms with van der Waals surface area (Å²) in [5.41, 5.74) is 5.48. The Morgan fingerprint density at radius 3 is 2.93 bits per heavy atom. The molecule has 78 valence electrons. The minimum atomic E-state index is 0.455. The van der Waals surface area contributed by atoms with Crippen LogP contribution in [0.1, 0.15) is 50.2 Å². The van der Waals surface area contributed by atoms with Crippen molar-refractivity contribution in [2.75, 3.05) is 0 Å². The first-order valence-electron chi connectivity index (χ1n) is 5.44. The fourth-order valence-corrected chi connectivity index (χ4v) is 2.26. The van der Waals surface area contributed by atoms with Gasteiger partial charge in [-0.25, -0.2) is 4.98 Å². The summed E-state index contributed by atoms with van der Waals surface area (Å²) in [5.74, 6) is 3.22. The molecule has 1 heterocycles. The average molecular weight is 194 g/mol. The van der Waals surface area contributed by atoms with E-state index in [1.807, 2.05) is 0 Å². The van der Waals surface area contributed by atoms with Crippen LogP contribution in [0.4, 0.5) is 0 Å². The van der Waals surface area contributed by atoms with E-state index >= 15 is 0 Å². The monoisotopic (exact) mass is 194 g/mol. The van der Waals surface area contributed by atoms with Gasteiger partial charge in [0, 0.05) is 5.92 Å². The molecule has 0 aromatic carbocycles. The molecule has 0 saturated heterocycles. The van der Waals surface area contributed by atoms with Crippen LogP contribution in [0.5, 0.6) is 0 Å². The zero-order chi connectivity index (χ0) is 9.97. The minimum absolute atomic E-state index is 0.455. The Morgan fingerprint density at radius 2 is 2.36 bits per heavy atom. The fourth-order valence-electron chi connectivity index (χ4n) is 2.26. The third-order valence-electron chi connectivity index (χ3n) is 3.23. The molecule has 1 aromatic rings. The molecule has 0 aliphatic heterocycles. The second-order valence-electron chi connectivity index (χ2n) is 4.13. The maximum atomic E-state index is 5.48. The number of nitrogens with one attached hydrogen (secondary N) is 1. The molecule has 4 nitrogen and oxygen atoms in total. The quantitative estimate of drug-likeness (QED) is 0.767. The summed E-state index contributed by atoms with van der Waals surface area (Å²) in [4.78, 5) is 4.39. The lowest BCUT2D eigenvalue weighted by Crippen LogP contribution is -2.00. The molecule has 1 saturated carbocycles. The largest absolute Gasteiger partial charge is 0.324 e. The standard InChI is InChI=1S/C10H18N4/c1-2-7-3-4-8(5-7)10-12-9(6-11)13-14-10/h7-8H,2-6,11H2,1H3,(H,12,13,14). The molecule has 1 fully saturated rings. The van der Waals surface area contributed by atoms with Gasteiger partial charge in [-0.3, -0.25) is 5.10 Å². The molecular weight excluding hydrogens is 176 g/mol. The lowest BCUT2D eigenvalue weighted by Gasteiger charge is -2.04. The van der Waals surface area contributed by atoms with Gasteiger partial charge in [-0.2, -0.15) is 5.10 Å². The number of aromatic nitrogens is 3. The minimum Gasteiger partial charge on any atom is -0.324 e. The molecular formula is C10H18N4. The summed E-state index contributed by atoms with van der Waals surface area (Å²) < 4.78 is 0. The predicted octanol–water partition coefficient (Wildman–Crippen LogP) is 1.56. The van der Waals surface area contributed by atoms with E-state index in [-0.39, 0.29) is 0 Å². The number of hydrogen-bond donors (Lipinski definition) is 2. The maximum absolute atomic E-state index is 5.48. The molecule has 3 N–H and O–H groups in total. The van der Waals surface area contributed by atoms with Gasteiger partial charge in [0.25, 0.3) is 0 Å². The topological polar surface area (TPSA) is 67.6 Å². The zero-order valence-electron chi connectivity index (χ0n) is 8.66. The highest BCUT2D eigenvalue weighted by Crippen LogP contribution is 2.38. The van der Waals surface area contributed by atoms with Gasteiger partial charge in [0.05, 0.1) is 6.54 Å². The Bertz CT molecular complexity index is 294. The van der Waals surface area contributed by atoms with Crippen LogP contribution in [0.3, 0.4) is 0 Å². The summed E-state index contributed by atoms with van der Waals surface area (Å²) >= 11 is 0. The Morgan fingerprint density at radius 1 is 1.50 bits per heavy atom. The third kappa shape index (κ3) is 1.80. The average Bonchev–Trinajstić information content (AvgIpc) is 2.86. The van der Waals surface area contributed by atoms with E-state index in [1.165, 1.54) is 25.7 Å². The number of aromatic amines is 1. The third-order valence-corrected chi connectivity index (χ3v) is 3.23. The second-order valence-corrected chi connectivity index (χ2v) is 4.13. The first-order chi connectivity index (χ1) is 6.83.